The second-order valence-electron chi connectivity index (χ2n) is 6.55. The van der Waals surface area contributed by atoms with E-state index in [0.29, 0.717) is 19.2 Å². The fourth-order valence-corrected chi connectivity index (χ4v) is 3.25. The summed E-state index contributed by atoms with van der Waals surface area (Å²) in [6.45, 7) is 10.2. The largest absolute Gasteiger partial charge is 0.492 e. The standard InChI is InChI=1S/C17H26N2OS/c1-13-6-5-7-14(12-13)20-10-9-18-16-19-15(8-11-21-16)17(2,3)4/h5-7,12,15H,8-11H2,1-4H3,(H,18,19). The van der Waals surface area contributed by atoms with Gasteiger partial charge in [-0.3, -0.25) is 4.99 Å². The number of amidine groups is 1. The maximum atomic E-state index is 5.73. The highest BCUT2D eigenvalue weighted by Crippen LogP contribution is 2.27. The van der Waals surface area contributed by atoms with Gasteiger partial charge in [0.2, 0.25) is 0 Å². The highest BCUT2D eigenvalue weighted by atomic mass is 32.2. The summed E-state index contributed by atoms with van der Waals surface area (Å²) in [7, 11) is 0. The Morgan fingerprint density at radius 1 is 1.38 bits per heavy atom. The summed E-state index contributed by atoms with van der Waals surface area (Å²) in [6.07, 6.45) is 1.20. The predicted molar refractivity (Wildman–Crippen MR) is 92.4 cm³/mol. The van der Waals surface area contributed by atoms with Gasteiger partial charge in [-0.2, -0.15) is 0 Å². The molecule has 1 aliphatic heterocycles. The number of aliphatic imine (C=N–C) groups is 1. The lowest BCUT2D eigenvalue weighted by molar-refractivity contribution is 0.289. The zero-order valence-corrected chi connectivity index (χ0v) is 14.3. The average molecular weight is 306 g/mol. The summed E-state index contributed by atoms with van der Waals surface area (Å²) in [6, 6.07) is 8.64. The van der Waals surface area contributed by atoms with Crippen molar-refractivity contribution in [3.63, 3.8) is 0 Å². The first kappa shape index (κ1) is 16.2. The Labute approximate surface area is 132 Å². The molecule has 1 unspecified atom stereocenters. The lowest BCUT2D eigenvalue weighted by Gasteiger charge is -2.35. The fraction of sp³-hybridized carbons (Fsp3) is 0.588. The van der Waals surface area contributed by atoms with Gasteiger partial charge < -0.3 is 10.1 Å². The molecule has 0 spiro atoms. The van der Waals surface area contributed by atoms with Crippen molar-refractivity contribution < 1.29 is 4.74 Å². The molecule has 1 N–H and O–H groups in total. The van der Waals surface area contributed by atoms with Gasteiger partial charge in [-0.1, -0.05) is 44.7 Å². The fourth-order valence-electron chi connectivity index (χ4n) is 2.29. The molecule has 0 radical (unpaired) electrons. The van der Waals surface area contributed by atoms with Crippen molar-refractivity contribution in [2.45, 2.75) is 40.2 Å². The van der Waals surface area contributed by atoms with Gasteiger partial charge >= 0.3 is 0 Å². The minimum Gasteiger partial charge on any atom is -0.492 e. The number of ether oxygens (including phenoxy) is 1. The molecule has 1 saturated heterocycles. The molecule has 1 aromatic rings. The summed E-state index contributed by atoms with van der Waals surface area (Å²) >= 11 is 1.82. The second-order valence-corrected chi connectivity index (χ2v) is 7.64. The summed E-state index contributed by atoms with van der Waals surface area (Å²) < 4.78 is 5.73. The van der Waals surface area contributed by atoms with E-state index in [0.717, 1.165) is 16.7 Å². The normalized spacial score (nSPS) is 21.1. The molecule has 1 atom stereocenters. The van der Waals surface area contributed by atoms with E-state index in [2.05, 4.69) is 50.1 Å². The highest BCUT2D eigenvalue weighted by Gasteiger charge is 2.28. The summed E-state index contributed by atoms with van der Waals surface area (Å²) in [5.41, 5.74) is 1.50. The number of hydrogen-bond acceptors (Lipinski definition) is 3. The first-order chi connectivity index (χ1) is 9.95. The Morgan fingerprint density at radius 2 is 2.19 bits per heavy atom. The predicted octanol–water partition coefficient (Wildman–Crippen LogP) is 3.87. The molecule has 1 aromatic carbocycles. The second kappa shape index (κ2) is 7.21. The maximum Gasteiger partial charge on any atom is 0.156 e. The van der Waals surface area contributed by atoms with Crippen LogP contribution in [0.25, 0.3) is 0 Å². The molecule has 0 bridgehead atoms. The average Bonchev–Trinajstić information content (AvgIpc) is 2.43. The van der Waals surface area contributed by atoms with Gasteiger partial charge in [0.25, 0.3) is 0 Å². The number of benzene rings is 1. The number of nitrogens with one attached hydrogen (secondary N) is 1. The van der Waals surface area contributed by atoms with Crippen molar-refractivity contribution in [3.8, 4) is 5.75 Å². The van der Waals surface area contributed by atoms with Crippen LogP contribution in [0.4, 0.5) is 0 Å². The van der Waals surface area contributed by atoms with Crippen LogP contribution in [0.15, 0.2) is 29.3 Å². The highest BCUT2D eigenvalue weighted by molar-refractivity contribution is 8.13. The smallest absolute Gasteiger partial charge is 0.156 e. The lowest BCUT2D eigenvalue weighted by Crippen LogP contribution is -2.46. The molecule has 0 aliphatic carbocycles. The Morgan fingerprint density at radius 3 is 2.90 bits per heavy atom. The van der Waals surface area contributed by atoms with E-state index in [9.17, 15) is 0 Å². The van der Waals surface area contributed by atoms with Gasteiger partial charge in [-0.15, -0.1) is 0 Å². The third-order valence-corrected chi connectivity index (χ3v) is 4.55. The van der Waals surface area contributed by atoms with E-state index >= 15 is 0 Å². The SMILES string of the molecule is Cc1cccc(OCCN=C2NC(C(C)(C)C)CCS2)c1. The Kier molecular flexibility index (Phi) is 5.57. The first-order valence-electron chi connectivity index (χ1n) is 7.58. The van der Waals surface area contributed by atoms with Crippen LogP contribution in [-0.2, 0) is 0 Å². The van der Waals surface area contributed by atoms with E-state index in [1.54, 1.807) is 0 Å². The van der Waals surface area contributed by atoms with E-state index in [1.807, 2.05) is 23.9 Å². The number of thioether (sulfide) groups is 1. The number of aryl methyl sites for hydroxylation is 1. The molecule has 21 heavy (non-hydrogen) atoms. The molecular weight excluding hydrogens is 280 g/mol. The van der Waals surface area contributed by atoms with Gasteiger partial charge in [0.15, 0.2) is 5.17 Å². The van der Waals surface area contributed by atoms with E-state index in [1.165, 1.54) is 12.0 Å². The van der Waals surface area contributed by atoms with Crippen molar-refractivity contribution in [2.24, 2.45) is 10.4 Å². The molecular formula is C17H26N2OS. The molecule has 3 nitrogen and oxygen atoms in total. The van der Waals surface area contributed by atoms with Crippen LogP contribution in [0.3, 0.4) is 0 Å². The molecule has 1 aliphatic rings. The van der Waals surface area contributed by atoms with Gasteiger partial charge in [0.05, 0.1) is 6.54 Å². The quantitative estimate of drug-likeness (QED) is 0.857. The van der Waals surface area contributed by atoms with E-state index < -0.39 is 0 Å². The van der Waals surface area contributed by atoms with Gasteiger partial charge in [0.1, 0.15) is 12.4 Å². The van der Waals surface area contributed by atoms with Crippen LogP contribution < -0.4 is 10.1 Å². The summed E-state index contributed by atoms with van der Waals surface area (Å²) in [5, 5.41) is 4.62. The molecule has 0 amide bonds. The van der Waals surface area contributed by atoms with Crippen molar-refractivity contribution in [1.82, 2.24) is 5.32 Å². The van der Waals surface area contributed by atoms with Crippen LogP contribution >= 0.6 is 11.8 Å². The van der Waals surface area contributed by atoms with Crippen molar-refractivity contribution >= 4 is 16.9 Å². The number of nitrogens with zero attached hydrogens (tertiary/aromatic N) is 1. The van der Waals surface area contributed by atoms with Gasteiger partial charge in [0, 0.05) is 11.8 Å². The molecule has 0 aromatic heterocycles. The zero-order chi connectivity index (χ0) is 15.3. The van der Waals surface area contributed by atoms with Crippen LogP contribution in [0.1, 0.15) is 32.8 Å². The Bertz CT molecular complexity index is 494. The molecule has 1 fully saturated rings. The number of rotatable bonds is 4. The minimum atomic E-state index is 0.278. The Balaban J connectivity index is 1.79. The van der Waals surface area contributed by atoms with Crippen LogP contribution in [0, 0.1) is 12.3 Å². The number of hydrogen-bond donors (Lipinski definition) is 1. The van der Waals surface area contributed by atoms with Crippen LogP contribution in [-0.4, -0.2) is 30.1 Å². The molecule has 0 saturated carbocycles. The van der Waals surface area contributed by atoms with Crippen LogP contribution in [0.5, 0.6) is 5.75 Å². The monoisotopic (exact) mass is 306 g/mol. The van der Waals surface area contributed by atoms with Crippen molar-refractivity contribution in [3.05, 3.63) is 29.8 Å². The third kappa shape index (κ3) is 5.27. The first-order valence-corrected chi connectivity index (χ1v) is 8.57. The van der Waals surface area contributed by atoms with Crippen molar-refractivity contribution in [1.29, 1.82) is 0 Å². The lowest BCUT2D eigenvalue weighted by atomic mass is 9.85. The maximum absolute atomic E-state index is 5.73. The molecule has 116 valence electrons. The third-order valence-electron chi connectivity index (χ3n) is 3.59. The Hall–Kier alpha value is -1.16. The van der Waals surface area contributed by atoms with Gasteiger partial charge in [-0.05, 0) is 36.5 Å². The molecule has 4 heteroatoms. The van der Waals surface area contributed by atoms with E-state index in [-0.39, 0.29) is 5.41 Å². The summed E-state index contributed by atoms with van der Waals surface area (Å²) in [5.74, 6) is 2.07. The minimum absolute atomic E-state index is 0.278. The zero-order valence-electron chi connectivity index (χ0n) is 13.5. The topological polar surface area (TPSA) is 33.6 Å². The van der Waals surface area contributed by atoms with Crippen LogP contribution in [0.2, 0.25) is 0 Å². The molecule has 1 heterocycles. The van der Waals surface area contributed by atoms with Gasteiger partial charge in [-0.25, -0.2) is 0 Å². The summed E-state index contributed by atoms with van der Waals surface area (Å²) in [4.78, 5) is 4.63. The van der Waals surface area contributed by atoms with E-state index in [4.69, 9.17) is 4.74 Å². The van der Waals surface area contributed by atoms with Crippen molar-refractivity contribution in [2.75, 3.05) is 18.9 Å². The molecule has 2 rings (SSSR count).